The van der Waals surface area contributed by atoms with E-state index in [0.717, 1.165) is 24.3 Å². The lowest BCUT2D eigenvalue weighted by molar-refractivity contribution is 0.234. The topological polar surface area (TPSA) is 80.3 Å². The number of alkyl halides is 2. The fraction of sp³-hybridized carbons (Fsp3) is 0.0769. The monoisotopic (exact) mass is 381 g/mol. The number of benzene rings is 2. The van der Waals surface area contributed by atoms with Gasteiger partial charge in [0.25, 0.3) is 10.0 Å². The Bertz CT molecular complexity index is 913. The van der Waals surface area contributed by atoms with Crippen LogP contribution in [0, 0.1) is 0 Å². The number of sulfonamides is 1. The van der Waals surface area contributed by atoms with Crippen molar-refractivity contribution >= 4 is 37.1 Å². The van der Waals surface area contributed by atoms with Gasteiger partial charge in [0.1, 0.15) is 4.90 Å². The highest BCUT2D eigenvalue weighted by molar-refractivity contribution is 7.93. The number of hydrogen-bond donors (Lipinski definition) is 1. The quantitative estimate of drug-likeness (QED) is 0.862. The fourth-order valence-electron chi connectivity index (χ4n) is 1.69. The zero-order valence-electron chi connectivity index (χ0n) is 11.3. The molecule has 10 heteroatoms. The van der Waals surface area contributed by atoms with E-state index >= 15 is 0 Å². The number of hydrogen-bond acceptors (Lipinski definition) is 4. The summed E-state index contributed by atoms with van der Waals surface area (Å²) in [6.45, 7) is 0. The molecule has 5 nitrogen and oxygen atoms in total. The zero-order chi connectivity index (χ0) is 17.3. The highest BCUT2D eigenvalue weighted by Gasteiger charge is 2.26. The normalized spacial score (nSPS) is 12.3. The van der Waals surface area contributed by atoms with E-state index in [2.05, 4.69) is 4.72 Å². The van der Waals surface area contributed by atoms with Crippen LogP contribution in [-0.2, 0) is 19.9 Å². The Kier molecular flexibility index (Phi) is 4.92. The summed E-state index contributed by atoms with van der Waals surface area (Å²) in [5.41, 5.74) is 0.0122. The molecule has 2 rings (SSSR count). The fourth-order valence-corrected chi connectivity index (χ4v) is 3.99. The third-order valence-corrected chi connectivity index (χ3v) is 6.08. The second-order valence-corrected chi connectivity index (χ2v) is 8.34. The number of rotatable bonds is 5. The van der Waals surface area contributed by atoms with Crippen LogP contribution in [0.25, 0.3) is 0 Å². The van der Waals surface area contributed by atoms with Gasteiger partial charge in [-0.1, -0.05) is 23.7 Å². The van der Waals surface area contributed by atoms with E-state index < -0.39 is 30.5 Å². The summed E-state index contributed by atoms with van der Waals surface area (Å²) in [7, 11) is -8.72. The van der Waals surface area contributed by atoms with E-state index in [1.165, 1.54) is 18.2 Å². The summed E-state index contributed by atoms with van der Waals surface area (Å²) < 4.78 is 74.0. The Morgan fingerprint density at radius 3 is 2.00 bits per heavy atom. The SMILES string of the molecule is O=S(=O)(Nc1ccc(S(=O)(=O)C(F)F)cc1)c1ccccc1Cl. The van der Waals surface area contributed by atoms with Gasteiger partial charge in [0.2, 0.25) is 9.84 Å². The maximum Gasteiger partial charge on any atom is 0.341 e. The zero-order valence-corrected chi connectivity index (χ0v) is 13.7. The molecule has 0 unspecified atom stereocenters. The van der Waals surface area contributed by atoms with Gasteiger partial charge in [-0.2, -0.15) is 8.78 Å². The lowest BCUT2D eigenvalue weighted by Crippen LogP contribution is -2.14. The third kappa shape index (κ3) is 3.80. The Labute approximate surface area is 136 Å². The van der Waals surface area contributed by atoms with E-state index in [-0.39, 0.29) is 15.6 Å². The maximum absolute atomic E-state index is 12.4. The van der Waals surface area contributed by atoms with Crippen LogP contribution in [0.1, 0.15) is 0 Å². The van der Waals surface area contributed by atoms with Crippen LogP contribution >= 0.6 is 11.6 Å². The Hall–Kier alpha value is -1.71. The minimum absolute atomic E-state index is 0.0110. The first-order chi connectivity index (χ1) is 10.6. The molecule has 0 spiro atoms. The molecule has 1 N–H and O–H groups in total. The number of halogens is 3. The summed E-state index contributed by atoms with van der Waals surface area (Å²) >= 11 is 5.81. The molecule has 2 aromatic carbocycles. The van der Waals surface area contributed by atoms with Crippen molar-refractivity contribution in [1.29, 1.82) is 0 Å². The second-order valence-electron chi connectivity index (χ2n) is 4.37. The number of sulfone groups is 1. The first kappa shape index (κ1) is 17.6. The number of nitrogens with one attached hydrogen (secondary N) is 1. The summed E-state index contributed by atoms with van der Waals surface area (Å²) in [5, 5.41) is 0.0110. The Morgan fingerprint density at radius 2 is 1.48 bits per heavy atom. The molecule has 0 aliphatic rings. The van der Waals surface area contributed by atoms with Crippen LogP contribution in [0.4, 0.5) is 14.5 Å². The summed E-state index contributed by atoms with van der Waals surface area (Å²) in [5.74, 6) is -3.55. The molecule has 0 saturated heterocycles. The van der Waals surface area contributed by atoms with Gasteiger partial charge in [-0.25, -0.2) is 16.8 Å². The summed E-state index contributed by atoms with van der Waals surface area (Å²) in [6.07, 6.45) is 0. The van der Waals surface area contributed by atoms with Crippen molar-refractivity contribution in [1.82, 2.24) is 0 Å². The van der Waals surface area contributed by atoms with Crippen LogP contribution in [0.15, 0.2) is 58.3 Å². The van der Waals surface area contributed by atoms with E-state index in [9.17, 15) is 25.6 Å². The summed E-state index contributed by atoms with van der Waals surface area (Å²) in [6, 6.07) is 9.67. The van der Waals surface area contributed by atoms with Gasteiger partial charge in [0.15, 0.2) is 0 Å². The standard InChI is InChI=1S/C13H10ClF2NO4S2/c14-11-3-1-2-4-12(11)23(20,21)17-9-5-7-10(8-6-9)22(18,19)13(15)16/h1-8,13,17H. The molecular weight excluding hydrogens is 372 g/mol. The first-order valence-corrected chi connectivity index (χ1v) is 9.45. The Morgan fingerprint density at radius 1 is 0.913 bits per heavy atom. The van der Waals surface area contributed by atoms with Crippen molar-refractivity contribution in [2.24, 2.45) is 0 Å². The average Bonchev–Trinajstić information content (AvgIpc) is 2.47. The van der Waals surface area contributed by atoms with Crippen LogP contribution in [-0.4, -0.2) is 22.6 Å². The van der Waals surface area contributed by atoms with Gasteiger partial charge in [0, 0.05) is 5.69 Å². The molecule has 0 radical (unpaired) electrons. The molecule has 0 aliphatic carbocycles. The van der Waals surface area contributed by atoms with Crippen LogP contribution in [0.3, 0.4) is 0 Å². The smallest absolute Gasteiger partial charge is 0.280 e. The van der Waals surface area contributed by atoms with Crippen molar-refractivity contribution in [3.05, 3.63) is 53.6 Å². The minimum Gasteiger partial charge on any atom is -0.280 e. The molecule has 0 aromatic heterocycles. The minimum atomic E-state index is -4.73. The van der Waals surface area contributed by atoms with E-state index in [0.29, 0.717) is 0 Å². The van der Waals surface area contributed by atoms with Crippen LogP contribution < -0.4 is 4.72 Å². The molecule has 23 heavy (non-hydrogen) atoms. The van der Waals surface area contributed by atoms with Crippen molar-refractivity contribution in [2.45, 2.75) is 15.5 Å². The van der Waals surface area contributed by atoms with Crippen LogP contribution in [0.2, 0.25) is 5.02 Å². The third-order valence-electron chi connectivity index (χ3n) is 2.80. The molecule has 124 valence electrons. The Balaban J connectivity index is 2.30. The highest BCUT2D eigenvalue weighted by atomic mass is 35.5. The molecule has 0 atom stereocenters. The predicted octanol–water partition coefficient (Wildman–Crippen LogP) is 3.14. The van der Waals surface area contributed by atoms with Gasteiger partial charge in [-0.3, -0.25) is 4.72 Å². The van der Waals surface area contributed by atoms with Crippen LogP contribution in [0.5, 0.6) is 0 Å². The van der Waals surface area contributed by atoms with Gasteiger partial charge in [-0.15, -0.1) is 0 Å². The van der Waals surface area contributed by atoms with Gasteiger partial charge < -0.3 is 0 Å². The van der Waals surface area contributed by atoms with Gasteiger partial charge >= 0.3 is 5.76 Å². The molecule has 0 saturated carbocycles. The van der Waals surface area contributed by atoms with E-state index in [1.807, 2.05) is 0 Å². The first-order valence-electron chi connectivity index (χ1n) is 6.04. The lowest BCUT2D eigenvalue weighted by Gasteiger charge is -2.10. The summed E-state index contributed by atoms with van der Waals surface area (Å²) in [4.78, 5) is -0.765. The molecule has 0 amide bonds. The molecule has 0 fully saturated rings. The van der Waals surface area contributed by atoms with E-state index in [1.54, 1.807) is 6.07 Å². The van der Waals surface area contributed by atoms with Crippen molar-refractivity contribution in [3.8, 4) is 0 Å². The van der Waals surface area contributed by atoms with E-state index in [4.69, 9.17) is 11.6 Å². The molecule has 0 heterocycles. The molecular formula is C13H10ClF2NO4S2. The predicted molar refractivity (Wildman–Crippen MR) is 81.9 cm³/mol. The van der Waals surface area contributed by atoms with Gasteiger partial charge in [0.05, 0.1) is 9.92 Å². The van der Waals surface area contributed by atoms with Crippen molar-refractivity contribution < 1.29 is 25.6 Å². The average molecular weight is 382 g/mol. The molecule has 0 bridgehead atoms. The van der Waals surface area contributed by atoms with Crippen molar-refractivity contribution in [2.75, 3.05) is 4.72 Å². The van der Waals surface area contributed by atoms with Crippen molar-refractivity contribution in [3.63, 3.8) is 0 Å². The molecule has 2 aromatic rings. The second kappa shape index (κ2) is 6.42. The molecule has 0 aliphatic heterocycles. The largest absolute Gasteiger partial charge is 0.341 e. The number of anilines is 1. The van der Waals surface area contributed by atoms with Gasteiger partial charge in [-0.05, 0) is 36.4 Å². The maximum atomic E-state index is 12.4. The lowest BCUT2D eigenvalue weighted by atomic mass is 10.3. The highest BCUT2D eigenvalue weighted by Crippen LogP contribution is 2.25.